The summed E-state index contributed by atoms with van der Waals surface area (Å²) < 4.78 is 5.37. The van der Waals surface area contributed by atoms with Crippen molar-refractivity contribution in [1.29, 1.82) is 0 Å². The molecule has 70 heavy (non-hydrogen) atoms. The van der Waals surface area contributed by atoms with E-state index in [-0.39, 0.29) is 0 Å². The normalized spacial score (nSPS) is 14.1. The van der Waals surface area contributed by atoms with Crippen LogP contribution in [0.4, 0.5) is 11.4 Å². The lowest BCUT2D eigenvalue weighted by Crippen LogP contribution is -2.43. The second-order valence-electron chi connectivity index (χ2n) is 18.8. The number of hydrogen-bond acceptors (Lipinski definition) is 8. The summed E-state index contributed by atoms with van der Waals surface area (Å²) >= 11 is 3.76. The Kier molecular flexibility index (Phi) is 14.0. The zero-order valence-corrected chi connectivity index (χ0v) is 41.6. The van der Waals surface area contributed by atoms with E-state index in [0.717, 1.165) is 91.1 Å². The summed E-state index contributed by atoms with van der Waals surface area (Å²) in [6.45, 7) is 9.94. The van der Waals surface area contributed by atoms with Gasteiger partial charge >= 0.3 is 0 Å². The van der Waals surface area contributed by atoms with E-state index >= 15 is 0 Å². The highest BCUT2D eigenvalue weighted by atomic mass is 32.1. The molecule has 0 amide bonds. The predicted octanol–water partition coefficient (Wildman–Crippen LogP) is 13.4. The first-order valence-electron chi connectivity index (χ1n) is 25.2. The molecule has 352 valence electrons. The summed E-state index contributed by atoms with van der Waals surface area (Å²) in [4.78, 5) is 4.97. The lowest BCUT2D eigenvalue weighted by Gasteiger charge is -2.29. The number of aryl methyl sites for hydroxylation is 2. The third-order valence-electron chi connectivity index (χ3n) is 14.1. The van der Waals surface area contributed by atoms with Crippen LogP contribution in [0.15, 0.2) is 170 Å². The summed E-state index contributed by atoms with van der Waals surface area (Å²) in [7, 11) is 0. The molecule has 8 heteroatoms. The Morgan fingerprint density at radius 2 is 0.671 bits per heavy atom. The van der Waals surface area contributed by atoms with Crippen LogP contribution in [0.3, 0.4) is 0 Å². The van der Waals surface area contributed by atoms with Gasteiger partial charge in [-0.2, -0.15) is 0 Å². The molecule has 12 rings (SSSR count). The van der Waals surface area contributed by atoms with E-state index in [1.165, 1.54) is 107 Å². The summed E-state index contributed by atoms with van der Waals surface area (Å²) in [6.07, 6.45) is 4.10. The number of piperazine rings is 2. The number of benzene rings is 8. The fraction of sp³-hybridized carbons (Fsp3) is 0.226. The van der Waals surface area contributed by atoms with Gasteiger partial charge in [0.25, 0.3) is 0 Å². The highest BCUT2D eigenvalue weighted by molar-refractivity contribution is 7.26. The van der Waals surface area contributed by atoms with Crippen molar-refractivity contribution in [2.45, 2.75) is 25.7 Å². The largest absolute Gasteiger partial charge is 0.369 e. The molecule has 0 bridgehead atoms. The van der Waals surface area contributed by atoms with Crippen LogP contribution in [0.5, 0.6) is 0 Å². The minimum atomic E-state index is 0.731. The molecule has 6 N–H and O–H groups in total. The number of nitrogens with one attached hydrogen (secondary N) is 2. The average molecular weight is 955 g/mol. The van der Waals surface area contributed by atoms with Crippen molar-refractivity contribution in [2.24, 2.45) is 11.5 Å². The van der Waals surface area contributed by atoms with Crippen LogP contribution in [-0.4, -0.2) is 65.4 Å². The van der Waals surface area contributed by atoms with Gasteiger partial charge in [0.15, 0.2) is 0 Å². The number of nitrogens with zero attached hydrogens (tertiary/aromatic N) is 2. The molecule has 10 aromatic rings. The van der Waals surface area contributed by atoms with Gasteiger partial charge in [-0.15, -0.1) is 22.7 Å². The van der Waals surface area contributed by atoms with Crippen LogP contribution in [0, 0.1) is 0 Å². The maximum atomic E-state index is 5.71. The van der Waals surface area contributed by atoms with Gasteiger partial charge in [0.2, 0.25) is 0 Å². The van der Waals surface area contributed by atoms with E-state index < -0.39 is 0 Å². The molecule has 2 aromatic heterocycles. The zero-order chi connectivity index (χ0) is 47.2. The SMILES string of the molecule is NCCCc1cccc(-c2ccc3sc4ccc(-c5cccc(CCCN)c5)cc4c3c2)c1.c1cc(-c2ccc3sc4ccc(-c5cccc(N6CCNCC6)c5)cc4c3c2)cc(N2CCNCC2)c1. The Morgan fingerprint density at radius 1 is 0.357 bits per heavy atom. The molecule has 0 radical (unpaired) electrons. The van der Waals surface area contributed by atoms with Crippen molar-refractivity contribution in [1.82, 2.24) is 10.6 Å². The summed E-state index contributed by atoms with van der Waals surface area (Å²) in [5, 5.41) is 12.3. The fourth-order valence-corrected chi connectivity index (χ4v) is 12.4. The van der Waals surface area contributed by atoms with E-state index in [4.69, 9.17) is 11.5 Å². The molecule has 2 saturated heterocycles. The van der Waals surface area contributed by atoms with Crippen LogP contribution >= 0.6 is 22.7 Å². The van der Waals surface area contributed by atoms with Gasteiger partial charge in [0.05, 0.1) is 0 Å². The molecule has 0 atom stereocenters. The molecule has 2 fully saturated rings. The molecule has 6 nitrogen and oxygen atoms in total. The highest BCUT2D eigenvalue weighted by Crippen LogP contribution is 2.41. The average Bonchev–Trinajstić information content (AvgIpc) is 3.99. The predicted molar refractivity (Wildman–Crippen MR) is 305 cm³/mol. The summed E-state index contributed by atoms with van der Waals surface area (Å²) in [5.41, 5.74) is 27.0. The van der Waals surface area contributed by atoms with Crippen LogP contribution in [0.2, 0.25) is 0 Å². The van der Waals surface area contributed by atoms with E-state index in [1.54, 1.807) is 0 Å². The van der Waals surface area contributed by atoms with Crippen molar-refractivity contribution in [2.75, 3.05) is 75.2 Å². The van der Waals surface area contributed by atoms with E-state index in [9.17, 15) is 0 Å². The van der Waals surface area contributed by atoms with Gasteiger partial charge in [0, 0.05) is 104 Å². The van der Waals surface area contributed by atoms with Crippen molar-refractivity contribution in [3.05, 3.63) is 181 Å². The number of fused-ring (bicyclic) bond motifs is 6. The van der Waals surface area contributed by atoms with Gasteiger partial charge < -0.3 is 31.9 Å². The third kappa shape index (κ3) is 10.1. The van der Waals surface area contributed by atoms with Gasteiger partial charge in [-0.05, 0) is 167 Å². The zero-order valence-electron chi connectivity index (χ0n) is 39.9. The van der Waals surface area contributed by atoms with Crippen molar-refractivity contribution >= 4 is 74.4 Å². The second kappa shape index (κ2) is 21.3. The molecule has 2 aliphatic heterocycles. The maximum Gasteiger partial charge on any atom is 0.0373 e. The molecule has 4 heterocycles. The fourth-order valence-electron chi connectivity index (χ4n) is 10.3. The lowest BCUT2D eigenvalue weighted by molar-refractivity contribution is 0.589. The van der Waals surface area contributed by atoms with Crippen LogP contribution < -0.4 is 31.9 Å². The Balaban J connectivity index is 0.000000154. The smallest absolute Gasteiger partial charge is 0.0373 e. The molecule has 0 unspecified atom stereocenters. The molecular weight excluding hydrogens is 893 g/mol. The molecule has 0 saturated carbocycles. The van der Waals surface area contributed by atoms with Crippen LogP contribution in [0.25, 0.3) is 84.9 Å². The minimum Gasteiger partial charge on any atom is -0.369 e. The van der Waals surface area contributed by atoms with Crippen molar-refractivity contribution in [3.8, 4) is 44.5 Å². The first-order valence-corrected chi connectivity index (χ1v) is 26.8. The van der Waals surface area contributed by atoms with Crippen molar-refractivity contribution < 1.29 is 0 Å². The Hall–Kier alpha value is -6.36. The number of nitrogens with two attached hydrogens (primary N) is 2. The Labute approximate surface area is 420 Å². The van der Waals surface area contributed by atoms with Crippen molar-refractivity contribution in [3.63, 3.8) is 0 Å². The van der Waals surface area contributed by atoms with E-state index in [0.29, 0.717) is 0 Å². The molecule has 0 spiro atoms. The summed E-state index contributed by atoms with van der Waals surface area (Å²) in [5.74, 6) is 0. The Bertz CT molecular complexity index is 3190. The lowest BCUT2D eigenvalue weighted by atomic mass is 9.97. The molecule has 2 aliphatic rings. The van der Waals surface area contributed by atoms with E-state index in [1.807, 2.05) is 22.7 Å². The second-order valence-corrected chi connectivity index (χ2v) is 21.0. The quantitative estimate of drug-likeness (QED) is 0.0977. The van der Waals surface area contributed by atoms with Gasteiger partial charge in [0.1, 0.15) is 0 Å². The standard InChI is InChI=1S/C32H32N4S.C30H30N2S/c1-3-23(19-27(5-1)35-15-11-33-12-16-35)25-7-9-31-29(21-25)30-22-26(8-10-32(30)37-31)24-4-2-6-28(20-24)36-17-13-34-14-18-36;31-15-3-7-21-5-1-9-23(17-21)25-11-13-29-27(19-25)28-20-26(12-14-30(28)33-29)24-10-2-6-22(18-24)8-4-16-32/h1-10,19-22,33-34H,11-18H2;1-2,5-6,9-14,17-20H,3-4,7-8,15-16,31-32H2. The topological polar surface area (TPSA) is 82.6 Å². The molecule has 8 aromatic carbocycles. The number of anilines is 2. The molecular formula is C62H62N6S2. The highest BCUT2D eigenvalue weighted by Gasteiger charge is 2.15. The van der Waals surface area contributed by atoms with Crippen LogP contribution in [-0.2, 0) is 12.8 Å². The first kappa shape index (κ1) is 46.0. The Morgan fingerprint density at radius 3 is 1.01 bits per heavy atom. The maximum absolute atomic E-state index is 5.71. The van der Waals surface area contributed by atoms with E-state index in [2.05, 4.69) is 190 Å². The monoisotopic (exact) mass is 954 g/mol. The van der Waals surface area contributed by atoms with Gasteiger partial charge in [-0.3, -0.25) is 0 Å². The van der Waals surface area contributed by atoms with Gasteiger partial charge in [-0.25, -0.2) is 0 Å². The van der Waals surface area contributed by atoms with Crippen LogP contribution in [0.1, 0.15) is 24.0 Å². The summed E-state index contributed by atoms with van der Waals surface area (Å²) in [6, 6.07) is 63.6. The number of thiophene rings is 2. The number of hydrogen-bond donors (Lipinski definition) is 4. The minimum absolute atomic E-state index is 0.731. The molecule has 0 aliphatic carbocycles. The van der Waals surface area contributed by atoms with Gasteiger partial charge in [-0.1, -0.05) is 97.1 Å². The first-order chi connectivity index (χ1) is 34.6. The number of rotatable bonds is 12. The third-order valence-corrected chi connectivity index (χ3v) is 16.4.